The molecule has 248 valence electrons. The summed E-state index contributed by atoms with van der Waals surface area (Å²) in [6.45, 7) is 16.3. The molecule has 0 bridgehead atoms. The lowest BCUT2D eigenvalue weighted by Crippen LogP contribution is -2.33. The van der Waals surface area contributed by atoms with E-state index in [-0.39, 0.29) is 11.4 Å². The van der Waals surface area contributed by atoms with Crippen molar-refractivity contribution >= 4 is 19.8 Å². The van der Waals surface area contributed by atoms with Crippen LogP contribution in [0.2, 0.25) is 25.7 Å². The van der Waals surface area contributed by atoms with E-state index in [1.165, 1.54) is 5.56 Å². The number of hydrogen-bond donors (Lipinski definition) is 0. The first-order valence-electron chi connectivity index (χ1n) is 16.2. The number of rotatable bonds is 15. The van der Waals surface area contributed by atoms with Gasteiger partial charge >= 0.3 is 5.97 Å². The smallest absolute Gasteiger partial charge is 0.347 e. The summed E-state index contributed by atoms with van der Waals surface area (Å²) in [4.78, 5) is 23.1. The molecule has 0 aliphatic rings. The van der Waals surface area contributed by atoms with E-state index in [4.69, 9.17) is 19.0 Å². The van der Waals surface area contributed by atoms with Crippen LogP contribution in [0.15, 0.2) is 102 Å². The van der Waals surface area contributed by atoms with Crippen LogP contribution in [-0.4, -0.2) is 50.7 Å². The van der Waals surface area contributed by atoms with Gasteiger partial charge in [0.25, 0.3) is 0 Å². The predicted molar refractivity (Wildman–Crippen MR) is 192 cm³/mol. The molecule has 0 fully saturated rings. The first-order valence-corrected chi connectivity index (χ1v) is 19.9. The molecule has 8 heteroatoms. The van der Waals surface area contributed by atoms with E-state index in [0.29, 0.717) is 37.7 Å². The Hall–Kier alpha value is -4.43. The highest BCUT2D eigenvalue weighted by atomic mass is 28.3. The van der Waals surface area contributed by atoms with Crippen molar-refractivity contribution in [2.45, 2.75) is 71.3 Å². The minimum atomic E-state index is -1.34. The summed E-state index contributed by atoms with van der Waals surface area (Å²) in [6, 6.07) is 30.5. The van der Waals surface area contributed by atoms with Crippen LogP contribution in [0, 0.1) is 0 Å². The first kappa shape index (κ1) is 35.4. The topological polar surface area (TPSA) is 79.2 Å². The van der Waals surface area contributed by atoms with E-state index in [9.17, 15) is 4.79 Å². The molecule has 0 radical (unpaired) electrons. The van der Waals surface area contributed by atoms with Gasteiger partial charge in [0, 0.05) is 26.3 Å². The summed E-state index contributed by atoms with van der Waals surface area (Å²) in [7, 11) is -1.34. The second kappa shape index (κ2) is 16.4. The second-order valence-electron chi connectivity index (χ2n) is 13.9. The third-order valence-corrected chi connectivity index (χ3v) is 9.31. The number of aromatic nitrogens is 1. The number of ether oxygens (including phenoxy) is 3. The monoisotopic (exact) mass is 652 g/mol. The Morgan fingerprint density at radius 2 is 1.51 bits per heavy atom. The molecule has 3 aromatic carbocycles. The van der Waals surface area contributed by atoms with Gasteiger partial charge in [-0.15, -0.1) is 0 Å². The fourth-order valence-electron chi connectivity index (χ4n) is 4.67. The van der Waals surface area contributed by atoms with Gasteiger partial charge in [-0.3, -0.25) is 4.98 Å². The van der Waals surface area contributed by atoms with Gasteiger partial charge < -0.3 is 19.0 Å². The zero-order chi connectivity index (χ0) is 33.9. The van der Waals surface area contributed by atoms with Crippen molar-refractivity contribution in [1.29, 1.82) is 0 Å². The van der Waals surface area contributed by atoms with Crippen LogP contribution < -0.4 is 9.47 Å². The Morgan fingerprint density at radius 1 is 0.830 bits per heavy atom. The fraction of sp³-hybridized carbons (Fsp3) is 0.359. The molecular formula is C39H48N2O5Si. The minimum Gasteiger partial charge on any atom is -0.490 e. The lowest BCUT2D eigenvalue weighted by atomic mass is 9.87. The zero-order valence-corrected chi connectivity index (χ0v) is 29.8. The van der Waals surface area contributed by atoms with Crippen LogP contribution in [0.25, 0.3) is 11.3 Å². The molecule has 1 heterocycles. The van der Waals surface area contributed by atoms with E-state index >= 15 is 0 Å². The van der Waals surface area contributed by atoms with Crippen LogP contribution in [0.3, 0.4) is 0 Å². The Morgan fingerprint density at radius 3 is 2.13 bits per heavy atom. The number of carbonyl (C=O) groups is 1. The third kappa shape index (κ3) is 11.7. The van der Waals surface area contributed by atoms with E-state index in [2.05, 4.69) is 50.6 Å². The van der Waals surface area contributed by atoms with Crippen molar-refractivity contribution in [1.82, 2.24) is 4.98 Å². The van der Waals surface area contributed by atoms with Gasteiger partial charge in [-0.25, -0.2) is 4.79 Å². The highest BCUT2D eigenvalue weighted by Gasteiger charge is 2.24. The molecule has 0 aliphatic carbocycles. The van der Waals surface area contributed by atoms with E-state index in [0.717, 1.165) is 34.1 Å². The van der Waals surface area contributed by atoms with Crippen LogP contribution in [-0.2, 0) is 26.2 Å². The number of carbonyl (C=O) groups excluding carboxylic acids is 1. The summed E-state index contributed by atoms with van der Waals surface area (Å²) in [5.41, 5.74) is 5.92. The number of nitrogens with zero attached hydrogens (tertiary/aromatic N) is 2. The highest BCUT2D eigenvalue weighted by molar-refractivity contribution is 6.76. The number of hydrogen-bond acceptors (Lipinski definition) is 7. The summed E-state index contributed by atoms with van der Waals surface area (Å²) in [5, 5.41) is 4.24. The maximum absolute atomic E-state index is 13.2. The van der Waals surface area contributed by atoms with Crippen molar-refractivity contribution in [3.8, 4) is 22.8 Å². The summed E-state index contributed by atoms with van der Waals surface area (Å²) in [6.07, 6.45) is 1.41. The molecule has 0 amide bonds. The molecule has 0 saturated carbocycles. The van der Waals surface area contributed by atoms with Crippen LogP contribution in [0.1, 0.15) is 44.4 Å². The lowest BCUT2D eigenvalue weighted by molar-refractivity contribution is -0.151. The van der Waals surface area contributed by atoms with Gasteiger partial charge in [-0.2, -0.15) is 0 Å². The Bertz CT molecular complexity index is 1570. The van der Waals surface area contributed by atoms with Crippen molar-refractivity contribution in [3.05, 3.63) is 114 Å². The molecule has 1 atom stereocenters. The SMILES string of the molecule is CC(=NOCCOc1ccc(C[C@H](Oc2ccc(C(C)(C)C)cc2)C(=O)OCC[Si](C)(C)C)cc1)c1ccc(-c2ccccn2)cc1. The van der Waals surface area contributed by atoms with Crippen LogP contribution >= 0.6 is 0 Å². The van der Waals surface area contributed by atoms with E-state index < -0.39 is 14.2 Å². The van der Waals surface area contributed by atoms with E-state index in [1.807, 2.05) is 97.9 Å². The van der Waals surface area contributed by atoms with Crippen LogP contribution in [0.4, 0.5) is 0 Å². The number of benzene rings is 3. The molecule has 47 heavy (non-hydrogen) atoms. The van der Waals surface area contributed by atoms with Gasteiger partial charge in [-0.1, -0.05) is 100 Å². The maximum atomic E-state index is 13.2. The van der Waals surface area contributed by atoms with Crippen molar-refractivity contribution in [3.63, 3.8) is 0 Å². The second-order valence-corrected chi connectivity index (χ2v) is 19.5. The Balaban J connectivity index is 1.28. The molecule has 7 nitrogen and oxygen atoms in total. The quantitative estimate of drug-likeness (QED) is 0.0420. The van der Waals surface area contributed by atoms with Gasteiger partial charge in [0.2, 0.25) is 0 Å². The van der Waals surface area contributed by atoms with E-state index in [1.54, 1.807) is 6.20 Å². The average molecular weight is 653 g/mol. The summed E-state index contributed by atoms with van der Waals surface area (Å²) >= 11 is 0. The minimum absolute atomic E-state index is 0.0317. The van der Waals surface area contributed by atoms with Gasteiger partial charge in [0.05, 0.1) is 18.0 Å². The lowest BCUT2D eigenvalue weighted by Gasteiger charge is -2.22. The number of pyridine rings is 1. The third-order valence-electron chi connectivity index (χ3n) is 7.61. The average Bonchev–Trinajstić information content (AvgIpc) is 3.04. The molecular weight excluding hydrogens is 605 g/mol. The first-order chi connectivity index (χ1) is 22.4. The largest absolute Gasteiger partial charge is 0.490 e. The molecule has 4 rings (SSSR count). The zero-order valence-electron chi connectivity index (χ0n) is 28.8. The van der Waals surface area contributed by atoms with Gasteiger partial charge in [-0.05, 0) is 71.5 Å². The Labute approximate surface area is 281 Å². The van der Waals surface area contributed by atoms with Crippen molar-refractivity contribution < 1.29 is 23.8 Å². The predicted octanol–water partition coefficient (Wildman–Crippen LogP) is 8.74. The van der Waals surface area contributed by atoms with Gasteiger partial charge in [0.15, 0.2) is 12.7 Å². The van der Waals surface area contributed by atoms with Gasteiger partial charge in [0.1, 0.15) is 18.1 Å². The normalized spacial score (nSPS) is 12.7. The standard InChI is InChI=1S/C39H48N2O5Si/c1-29(31-13-15-32(16-14-31)36-10-8-9-23-40-36)41-45-25-24-43-34-19-11-30(12-20-34)28-37(38(42)44-26-27-47(5,6)7)46-35-21-17-33(18-22-35)39(2,3)4/h8-23,37H,24-28H2,1-7H3/t37-/m0/s1. The molecule has 0 aliphatic heterocycles. The molecule has 0 saturated heterocycles. The molecule has 0 spiro atoms. The van der Waals surface area contributed by atoms with Crippen LogP contribution in [0.5, 0.6) is 11.5 Å². The highest BCUT2D eigenvalue weighted by Crippen LogP contribution is 2.26. The molecule has 0 unspecified atom stereocenters. The Kier molecular flexibility index (Phi) is 12.4. The number of esters is 1. The van der Waals surface area contributed by atoms with Crippen molar-refractivity contribution in [2.24, 2.45) is 5.16 Å². The number of oxime groups is 1. The van der Waals surface area contributed by atoms with Crippen molar-refractivity contribution in [2.75, 3.05) is 19.8 Å². The fourth-order valence-corrected chi connectivity index (χ4v) is 5.38. The molecule has 0 N–H and O–H groups in total. The molecule has 1 aromatic heterocycles. The summed E-state index contributed by atoms with van der Waals surface area (Å²) < 4.78 is 17.8. The summed E-state index contributed by atoms with van der Waals surface area (Å²) in [5.74, 6) is 1.00. The molecule has 4 aromatic rings. The maximum Gasteiger partial charge on any atom is 0.347 e.